The van der Waals surface area contributed by atoms with Gasteiger partial charge in [0, 0.05) is 23.7 Å². The molecule has 118 valence electrons. The van der Waals surface area contributed by atoms with Crippen molar-refractivity contribution in [2.75, 3.05) is 13.2 Å². The first-order valence-electron chi connectivity index (χ1n) is 6.47. The van der Waals surface area contributed by atoms with E-state index in [0.29, 0.717) is 10.9 Å². The average Bonchev–Trinajstić information content (AvgIpc) is 2.37. The predicted molar refractivity (Wildman–Crippen MR) is 77.0 cm³/mol. The Kier molecular flexibility index (Phi) is 6.22. The number of rotatable bonds is 5. The molecule has 1 aromatic carbocycles. The molecule has 21 heavy (non-hydrogen) atoms. The summed E-state index contributed by atoms with van der Waals surface area (Å²) in [5.74, 6) is -0.489. The molecule has 0 aliphatic carbocycles. The van der Waals surface area contributed by atoms with E-state index < -0.39 is 17.6 Å². The molecule has 0 fully saturated rings. The van der Waals surface area contributed by atoms with E-state index >= 15 is 0 Å². The third kappa shape index (κ3) is 4.71. The van der Waals surface area contributed by atoms with Gasteiger partial charge in [-0.15, -0.1) is 0 Å². The Labute approximate surface area is 129 Å². The van der Waals surface area contributed by atoms with Crippen LogP contribution >= 0.6 is 15.9 Å². The standard InChI is InChI=1S/C14H17BrF3NO2/c1-9(2)19(6-3-7-20)13(21)11-8-10(14(16,17)18)4-5-12(11)15/h4-5,8-9,20H,3,6-7H2,1-2H3. The van der Waals surface area contributed by atoms with Gasteiger partial charge in [0.15, 0.2) is 0 Å². The first-order chi connectivity index (χ1) is 9.68. The number of nitrogens with zero attached hydrogens (tertiary/aromatic N) is 1. The van der Waals surface area contributed by atoms with Crippen molar-refractivity contribution in [3.8, 4) is 0 Å². The quantitative estimate of drug-likeness (QED) is 0.861. The van der Waals surface area contributed by atoms with Crippen molar-refractivity contribution < 1.29 is 23.1 Å². The Balaban J connectivity index is 3.15. The van der Waals surface area contributed by atoms with Crippen LogP contribution in [0.2, 0.25) is 0 Å². The fourth-order valence-corrected chi connectivity index (χ4v) is 2.27. The lowest BCUT2D eigenvalue weighted by molar-refractivity contribution is -0.137. The van der Waals surface area contributed by atoms with Crippen LogP contribution in [0.4, 0.5) is 13.2 Å². The molecule has 1 amide bonds. The normalized spacial score (nSPS) is 11.8. The smallest absolute Gasteiger partial charge is 0.396 e. The highest BCUT2D eigenvalue weighted by molar-refractivity contribution is 9.10. The summed E-state index contributed by atoms with van der Waals surface area (Å²) >= 11 is 3.12. The third-order valence-corrected chi connectivity index (χ3v) is 3.66. The minimum Gasteiger partial charge on any atom is -0.396 e. The molecule has 0 unspecified atom stereocenters. The van der Waals surface area contributed by atoms with Gasteiger partial charge in [-0.2, -0.15) is 13.2 Å². The summed E-state index contributed by atoms with van der Waals surface area (Å²) in [5, 5.41) is 8.86. The maximum atomic E-state index is 12.8. The molecule has 0 radical (unpaired) electrons. The van der Waals surface area contributed by atoms with Crippen LogP contribution in [0.15, 0.2) is 22.7 Å². The number of hydrogen-bond acceptors (Lipinski definition) is 2. The minimum absolute atomic E-state index is 0.0311. The zero-order valence-electron chi connectivity index (χ0n) is 11.7. The van der Waals surface area contributed by atoms with E-state index in [9.17, 15) is 18.0 Å². The molecule has 1 rings (SSSR count). The molecule has 0 aliphatic rings. The molecule has 3 nitrogen and oxygen atoms in total. The number of carbonyl (C=O) groups is 1. The Morgan fingerprint density at radius 1 is 1.38 bits per heavy atom. The predicted octanol–water partition coefficient (Wildman–Crippen LogP) is 3.70. The van der Waals surface area contributed by atoms with Crippen LogP contribution in [-0.4, -0.2) is 35.1 Å². The van der Waals surface area contributed by atoms with Crippen molar-refractivity contribution in [3.63, 3.8) is 0 Å². The fourth-order valence-electron chi connectivity index (χ4n) is 1.86. The summed E-state index contributed by atoms with van der Waals surface area (Å²) in [6.07, 6.45) is -4.12. The van der Waals surface area contributed by atoms with Crippen LogP contribution in [0.5, 0.6) is 0 Å². The van der Waals surface area contributed by atoms with E-state index in [-0.39, 0.29) is 24.8 Å². The van der Waals surface area contributed by atoms with Crippen molar-refractivity contribution >= 4 is 21.8 Å². The van der Waals surface area contributed by atoms with E-state index in [1.165, 1.54) is 11.0 Å². The Morgan fingerprint density at radius 2 is 2.00 bits per heavy atom. The first-order valence-corrected chi connectivity index (χ1v) is 7.26. The zero-order valence-corrected chi connectivity index (χ0v) is 13.3. The number of hydrogen-bond donors (Lipinski definition) is 1. The molecule has 1 N–H and O–H groups in total. The summed E-state index contributed by atoms with van der Waals surface area (Å²) in [6, 6.07) is 2.82. The first kappa shape index (κ1) is 18.0. The fraction of sp³-hybridized carbons (Fsp3) is 0.500. The molecule has 7 heteroatoms. The maximum Gasteiger partial charge on any atom is 0.416 e. The highest BCUT2D eigenvalue weighted by Gasteiger charge is 2.32. The second-order valence-electron chi connectivity index (χ2n) is 4.86. The number of amides is 1. The van der Waals surface area contributed by atoms with Crippen LogP contribution < -0.4 is 0 Å². The molecule has 0 saturated carbocycles. The number of aliphatic hydroxyl groups excluding tert-OH is 1. The lowest BCUT2D eigenvalue weighted by Gasteiger charge is -2.27. The summed E-state index contributed by atoms with van der Waals surface area (Å²) in [6.45, 7) is 3.75. The van der Waals surface area contributed by atoms with Crippen LogP contribution in [0, 0.1) is 0 Å². The van der Waals surface area contributed by atoms with E-state index in [4.69, 9.17) is 5.11 Å². The van der Waals surface area contributed by atoms with Crippen LogP contribution in [-0.2, 0) is 6.18 Å². The van der Waals surface area contributed by atoms with Gasteiger partial charge in [0.2, 0.25) is 0 Å². The topological polar surface area (TPSA) is 40.5 Å². The van der Waals surface area contributed by atoms with Gasteiger partial charge in [-0.25, -0.2) is 0 Å². The van der Waals surface area contributed by atoms with Crippen molar-refractivity contribution in [3.05, 3.63) is 33.8 Å². The Morgan fingerprint density at radius 3 is 2.48 bits per heavy atom. The number of alkyl halides is 3. The van der Waals surface area contributed by atoms with E-state index in [2.05, 4.69) is 15.9 Å². The largest absolute Gasteiger partial charge is 0.416 e. The van der Waals surface area contributed by atoms with E-state index in [1.54, 1.807) is 13.8 Å². The third-order valence-electron chi connectivity index (χ3n) is 2.97. The summed E-state index contributed by atoms with van der Waals surface area (Å²) < 4.78 is 38.6. The molecular weight excluding hydrogens is 351 g/mol. The molecule has 0 atom stereocenters. The molecule has 1 aromatic rings. The number of halogens is 4. The highest BCUT2D eigenvalue weighted by Crippen LogP contribution is 2.32. The molecule has 0 aliphatic heterocycles. The van der Waals surface area contributed by atoms with E-state index in [0.717, 1.165) is 12.1 Å². The van der Waals surface area contributed by atoms with Gasteiger partial charge in [-0.1, -0.05) is 0 Å². The average molecular weight is 368 g/mol. The molecular formula is C14H17BrF3NO2. The van der Waals surface area contributed by atoms with Gasteiger partial charge in [-0.3, -0.25) is 4.79 Å². The molecule has 0 spiro atoms. The number of carbonyl (C=O) groups excluding carboxylic acids is 1. The van der Waals surface area contributed by atoms with Crippen molar-refractivity contribution in [1.29, 1.82) is 0 Å². The lowest BCUT2D eigenvalue weighted by Crippen LogP contribution is -2.38. The zero-order chi connectivity index (χ0) is 16.2. The van der Waals surface area contributed by atoms with Gasteiger partial charge in [0.05, 0.1) is 11.1 Å². The lowest BCUT2D eigenvalue weighted by atomic mass is 10.1. The van der Waals surface area contributed by atoms with Crippen LogP contribution in [0.25, 0.3) is 0 Å². The second kappa shape index (κ2) is 7.26. The van der Waals surface area contributed by atoms with E-state index in [1.807, 2.05) is 0 Å². The van der Waals surface area contributed by atoms with Gasteiger partial charge in [-0.05, 0) is 54.4 Å². The van der Waals surface area contributed by atoms with Gasteiger partial charge >= 0.3 is 6.18 Å². The number of benzene rings is 1. The maximum absolute atomic E-state index is 12.8. The van der Waals surface area contributed by atoms with Gasteiger partial charge < -0.3 is 10.0 Å². The van der Waals surface area contributed by atoms with Crippen molar-refractivity contribution in [1.82, 2.24) is 4.90 Å². The van der Waals surface area contributed by atoms with Crippen LogP contribution in [0.3, 0.4) is 0 Å². The monoisotopic (exact) mass is 367 g/mol. The minimum atomic E-state index is -4.50. The van der Waals surface area contributed by atoms with Crippen LogP contribution in [0.1, 0.15) is 36.2 Å². The molecule has 0 bridgehead atoms. The van der Waals surface area contributed by atoms with Crippen molar-refractivity contribution in [2.45, 2.75) is 32.5 Å². The highest BCUT2D eigenvalue weighted by atomic mass is 79.9. The van der Waals surface area contributed by atoms with Gasteiger partial charge in [0.25, 0.3) is 5.91 Å². The summed E-state index contributed by atoms with van der Waals surface area (Å²) in [5.41, 5.74) is -0.892. The summed E-state index contributed by atoms with van der Waals surface area (Å²) in [4.78, 5) is 13.9. The molecule has 0 heterocycles. The van der Waals surface area contributed by atoms with Crippen molar-refractivity contribution in [2.24, 2.45) is 0 Å². The molecule has 0 aromatic heterocycles. The summed E-state index contributed by atoms with van der Waals surface area (Å²) in [7, 11) is 0. The number of aliphatic hydroxyl groups is 1. The Bertz CT molecular complexity index is 503. The second-order valence-corrected chi connectivity index (χ2v) is 5.72. The Hall–Kier alpha value is -1.08. The SMILES string of the molecule is CC(C)N(CCCO)C(=O)c1cc(C(F)(F)F)ccc1Br. The molecule has 0 saturated heterocycles. The van der Waals surface area contributed by atoms with Gasteiger partial charge in [0.1, 0.15) is 0 Å².